The fourth-order valence-electron chi connectivity index (χ4n) is 1.95. The van der Waals surface area contributed by atoms with Crippen LogP contribution in [0.25, 0.3) is 0 Å². The van der Waals surface area contributed by atoms with Crippen molar-refractivity contribution in [2.45, 2.75) is 23.0 Å². The van der Waals surface area contributed by atoms with Gasteiger partial charge in [0.05, 0.1) is 12.0 Å². The van der Waals surface area contributed by atoms with Crippen LogP contribution in [0.3, 0.4) is 0 Å². The maximum atomic E-state index is 5.78. The molecule has 0 fully saturated rings. The lowest BCUT2D eigenvalue weighted by Crippen LogP contribution is -2.17. The molecule has 0 spiro atoms. The first kappa shape index (κ1) is 9.87. The first-order valence-electron chi connectivity index (χ1n) is 4.81. The molecular weight excluding hydrogens is 194 g/mol. The second kappa shape index (κ2) is 3.83. The van der Waals surface area contributed by atoms with Gasteiger partial charge in [0.15, 0.2) is 0 Å². The maximum absolute atomic E-state index is 5.78. The van der Waals surface area contributed by atoms with Gasteiger partial charge in [-0.15, -0.1) is 11.8 Å². The van der Waals surface area contributed by atoms with E-state index in [9.17, 15) is 0 Å². The molecule has 14 heavy (non-hydrogen) atoms. The van der Waals surface area contributed by atoms with Crippen molar-refractivity contribution in [3.63, 3.8) is 0 Å². The van der Waals surface area contributed by atoms with Crippen LogP contribution < -0.4 is 10.5 Å². The predicted molar refractivity (Wildman–Crippen MR) is 60.1 cm³/mol. The van der Waals surface area contributed by atoms with E-state index in [0.717, 1.165) is 5.75 Å². The number of thioether (sulfide) groups is 1. The molecule has 2 atom stereocenters. The van der Waals surface area contributed by atoms with Gasteiger partial charge in [-0.25, -0.2) is 0 Å². The van der Waals surface area contributed by atoms with E-state index in [2.05, 4.69) is 13.0 Å². The monoisotopic (exact) mass is 209 g/mol. The second-order valence-electron chi connectivity index (χ2n) is 3.54. The largest absolute Gasteiger partial charge is 0.496 e. The summed E-state index contributed by atoms with van der Waals surface area (Å²) in [6.07, 6.45) is 0. The van der Waals surface area contributed by atoms with Crippen molar-refractivity contribution in [1.29, 1.82) is 0 Å². The molecule has 0 saturated carbocycles. The van der Waals surface area contributed by atoms with Crippen LogP contribution in [0.15, 0.2) is 23.1 Å². The van der Waals surface area contributed by atoms with Gasteiger partial charge in [-0.1, -0.05) is 19.1 Å². The topological polar surface area (TPSA) is 35.2 Å². The van der Waals surface area contributed by atoms with Crippen LogP contribution in [-0.2, 0) is 0 Å². The lowest BCUT2D eigenvalue weighted by atomic mass is 9.96. The number of hydrogen-bond donors (Lipinski definition) is 1. The van der Waals surface area contributed by atoms with Crippen molar-refractivity contribution in [3.05, 3.63) is 23.8 Å². The van der Waals surface area contributed by atoms with Crippen molar-refractivity contribution in [1.82, 2.24) is 0 Å². The smallest absolute Gasteiger partial charge is 0.132 e. The minimum absolute atomic E-state index is 0.477. The number of methoxy groups -OCH3 is 1. The third-order valence-electron chi connectivity index (χ3n) is 2.75. The van der Waals surface area contributed by atoms with E-state index in [1.807, 2.05) is 23.9 Å². The Hall–Kier alpha value is -0.670. The SMILES string of the molecule is COc1cccc2c1SC(C)C2CN. The van der Waals surface area contributed by atoms with Gasteiger partial charge in [0.25, 0.3) is 0 Å². The molecule has 1 aliphatic rings. The Morgan fingerprint density at radius 2 is 2.29 bits per heavy atom. The standard InChI is InChI=1S/C11H15NOS/c1-7-9(6-12)8-4-3-5-10(13-2)11(8)14-7/h3-5,7,9H,6,12H2,1-2H3. The Bertz CT molecular complexity index is 340. The van der Waals surface area contributed by atoms with Gasteiger partial charge in [-0.2, -0.15) is 0 Å². The summed E-state index contributed by atoms with van der Waals surface area (Å²) in [5.41, 5.74) is 7.13. The first-order chi connectivity index (χ1) is 6.77. The summed E-state index contributed by atoms with van der Waals surface area (Å²) in [7, 11) is 1.72. The third-order valence-corrected chi connectivity index (χ3v) is 4.13. The molecule has 1 aromatic rings. The van der Waals surface area contributed by atoms with Crippen molar-refractivity contribution in [2.24, 2.45) is 5.73 Å². The van der Waals surface area contributed by atoms with Crippen LogP contribution in [0.1, 0.15) is 18.4 Å². The van der Waals surface area contributed by atoms with Gasteiger partial charge in [0.1, 0.15) is 5.75 Å². The number of ether oxygens (including phenoxy) is 1. The van der Waals surface area contributed by atoms with E-state index in [0.29, 0.717) is 17.7 Å². The minimum Gasteiger partial charge on any atom is -0.496 e. The van der Waals surface area contributed by atoms with Crippen molar-refractivity contribution in [3.8, 4) is 5.75 Å². The molecule has 0 aromatic heterocycles. The molecule has 2 N–H and O–H groups in total. The Balaban J connectivity index is 2.45. The number of benzene rings is 1. The lowest BCUT2D eigenvalue weighted by molar-refractivity contribution is 0.404. The molecule has 1 aliphatic heterocycles. The highest BCUT2D eigenvalue weighted by Crippen LogP contribution is 2.48. The van der Waals surface area contributed by atoms with Gasteiger partial charge in [0.2, 0.25) is 0 Å². The fourth-order valence-corrected chi connectivity index (χ4v) is 3.37. The second-order valence-corrected chi connectivity index (χ2v) is 4.93. The molecular formula is C11H15NOS. The number of rotatable bonds is 2. The van der Waals surface area contributed by atoms with E-state index < -0.39 is 0 Å². The quantitative estimate of drug-likeness (QED) is 0.811. The van der Waals surface area contributed by atoms with Gasteiger partial charge in [-0.05, 0) is 11.6 Å². The summed E-state index contributed by atoms with van der Waals surface area (Å²) >= 11 is 1.87. The maximum Gasteiger partial charge on any atom is 0.132 e. The van der Waals surface area contributed by atoms with Crippen LogP contribution in [0.5, 0.6) is 5.75 Å². The summed E-state index contributed by atoms with van der Waals surface area (Å²) in [6.45, 7) is 2.94. The molecule has 1 heterocycles. The van der Waals surface area contributed by atoms with Crippen molar-refractivity contribution < 1.29 is 4.74 Å². The molecule has 3 heteroatoms. The summed E-state index contributed by atoms with van der Waals surface area (Å²) in [6, 6.07) is 6.21. The number of nitrogens with two attached hydrogens (primary N) is 1. The molecule has 0 aliphatic carbocycles. The fraction of sp³-hybridized carbons (Fsp3) is 0.455. The van der Waals surface area contributed by atoms with E-state index in [4.69, 9.17) is 10.5 Å². The zero-order valence-corrected chi connectivity index (χ0v) is 9.30. The van der Waals surface area contributed by atoms with Gasteiger partial charge < -0.3 is 10.5 Å². The summed E-state index contributed by atoms with van der Waals surface area (Å²) in [5, 5.41) is 0.561. The third kappa shape index (κ3) is 1.41. The molecule has 2 unspecified atom stereocenters. The number of fused-ring (bicyclic) bond motifs is 1. The van der Waals surface area contributed by atoms with Crippen LogP contribution in [0, 0.1) is 0 Å². The highest BCUT2D eigenvalue weighted by Gasteiger charge is 2.30. The van der Waals surface area contributed by atoms with Crippen molar-refractivity contribution in [2.75, 3.05) is 13.7 Å². The van der Waals surface area contributed by atoms with Gasteiger partial charge in [-0.3, -0.25) is 0 Å². The van der Waals surface area contributed by atoms with Crippen LogP contribution in [-0.4, -0.2) is 18.9 Å². The molecule has 0 radical (unpaired) electrons. The molecule has 1 aromatic carbocycles. The van der Waals surface area contributed by atoms with Crippen LogP contribution in [0.2, 0.25) is 0 Å². The molecule has 0 saturated heterocycles. The zero-order chi connectivity index (χ0) is 10.1. The Morgan fingerprint density at radius 3 is 2.93 bits per heavy atom. The van der Waals surface area contributed by atoms with Gasteiger partial charge >= 0.3 is 0 Å². The van der Waals surface area contributed by atoms with Gasteiger partial charge in [0, 0.05) is 17.7 Å². The zero-order valence-electron chi connectivity index (χ0n) is 8.49. The summed E-state index contributed by atoms with van der Waals surface area (Å²) < 4.78 is 5.34. The number of hydrogen-bond acceptors (Lipinski definition) is 3. The Labute approximate surface area is 88.8 Å². The predicted octanol–water partition coefficient (Wildman–Crippen LogP) is 2.23. The van der Waals surface area contributed by atoms with Crippen molar-refractivity contribution >= 4 is 11.8 Å². The molecule has 76 valence electrons. The average Bonchev–Trinajstić information content (AvgIpc) is 2.52. The minimum atomic E-state index is 0.477. The highest BCUT2D eigenvalue weighted by molar-refractivity contribution is 8.00. The van der Waals surface area contributed by atoms with E-state index in [1.54, 1.807) is 7.11 Å². The molecule has 2 nitrogen and oxygen atoms in total. The summed E-state index contributed by atoms with van der Waals surface area (Å²) in [5.74, 6) is 1.46. The van der Waals surface area contributed by atoms with Crippen LogP contribution in [0.4, 0.5) is 0 Å². The first-order valence-corrected chi connectivity index (χ1v) is 5.69. The molecule has 0 bridgehead atoms. The van der Waals surface area contributed by atoms with E-state index in [1.165, 1.54) is 10.5 Å². The Kier molecular flexibility index (Phi) is 2.70. The summed E-state index contributed by atoms with van der Waals surface area (Å²) in [4.78, 5) is 1.28. The van der Waals surface area contributed by atoms with Crippen LogP contribution >= 0.6 is 11.8 Å². The molecule has 0 amide bonds. The highest BCUT2D eigenvalue weighted by atomic mass is 32.2. The Morgan fingerprint density at radius 1 is 1.50 bits per heavy atom. The van der Waals surface area contributed by atoms with E-state index in [-0.39, 0.29) is 0 Å². The normalized spacial score (nSPS) is 24.8. The average molecular weight is 209 g/mol. The van der Waals surface area contributed by atoms with E-state index >= 15 is 0 Å². The lowest BCUT2D eigenvalue weighted by Gasteiger charge is -2.12. The molecule has 2 rings (SSSR count).